The minimum atomic E-state index is 0.607. The van der Waals surface area contributed by atoms with Crippen LogP contribution in [-0.2, 0) is 0 Å². The predicted molar refractivity (Wildman–Crippen MR) is 81.4 cm³/mol. The van der Waals surface area contributed by atoms with Crippen LogP contribution in [0.1, 0.15) is 11.1 Å². The Morgan fingerprint density at radius 1 is 1.05 bits per heavy atom. The van der Waals surface area contributed by atoms with E-state index < -0.39 is 0 Å². The van der Waals surface area contributed by atoms with Gasteiger partial charge in [0.15, 0.2) is 0 Å². The number of hydrogen-bond donors (Lipinski definition) is 1. The molecule has 0 radical (unpaired) electrons. The van der Waals surface area contributed by atoms with Gasteiger partial charge in [0.25, 0.3) is 0 Å². The monoisotopic (exact) mass is 275 g/mol. The van der Waals surface area contributed by atoms with Crippen molar-refractivity contribution in [3.63, 3.8) is 0 Å². The average molecular weight is 276 g/mol. The first-order chi connectivity index (χ1) is 9.18. The molecule has 0 saturated carbocycles. The van der Waals surface area contributed by atoms with Crippen molar-refractivity contribution < 1.29 is 4.74 Å². The van der Waals surface area contributed by atoms with Gasteiger partial charge in [0.1, 0.15) is 12.4 Å². The summed E-state index contributed by atoms with van der Waals surface area (Å²) in [6.07, 6.45) is 0. The van der Waals surface area contributed by atoms with Gasteiger partial charge in [-0.15, -0.1) is 0 Å². The zero-order valence-corrected chi connectivity index (χ0v) is 12.0. The second-order valence-electron chi connectivity index (χ2n) is 4.45. The van der Waals surface area contributed by atoms with Gasteiger partial charge in [0.2, 0.25) is 0 Å². The van der Waals surface area contributed by atoms with Crippen LogP contribution in [0.3, 0.4) is 0 Å². The summed E-state index contributed by atoms with van der Waals surface area (Å²) in [6.45, 7) is 5.49. The van der Waals surface area contributed by atoms with Gasteiger partial charge in [0, 0.05) is 6.54 Å². The molecular weight excluding hydrogens is 258 g/mol. The van der Waals surface area contributed by atoms with Gasteiger partial charge >= 0.3 is 0 Å². The van der Waals surface area contributed by atoms with Crippen LogP contribution >= 0.6 is 11.6 Å². The summed E-state index contributed by atoms with van der Waals surface area (Å²) in [7, 11) is 0. The molecule has 0 amide bonds. The van der Waals surface area contributed by atoms with Crippen molar-refractivity contribution >= 4 is 17.3 Å². The van der Waals surface area contributed by atoms with Crippen LogP contribution in [0.4, 0.5) is 5.69 Å². The number of benzene rings is 2. The van der Waals surface area contributed by atoms with Gasteiger partial charge in [-0.25, -0.2) is 0 Å². The standard InChI is InChI=1S/C16H18ClNO/c1-12-6-5-9-16(13(12)2)19-11-10-18-15-8-4-3-7-14(15)17/h3-9,18H,10-11H2,1-2H3. The molecule has 0 bridgehead atoms. The van der Waals surface area contributed by atoms with Gasteiger partial charge in [-0.1, -0.05) is 35.9 Å². The maximum absolute atomic E-state index is 6.06. The molecule has 2 rings (SSSR count). The Morgan fingerprint density at radius 2 is 1.84 bits per heavy atom. The molecule has 0 aromatic heterocycles. The summed E-state index contributed by atoms with van der Waals surface area (Å²) in [4.78, 5) is 0. The molecule has 0 fully saturated rings. The molecule has 0 saturated heterocycles. The molecule has 0 aliphatic heterocycles. The van der Waals surface area contributed by atoms with E-state index in [2.05, 4.69) is 25.2 Å². The fourth-order valence-corrected chi connectivity index (χ4v) is 2.03. The zero-order valence-electron chi connectivity index (χ0n) is 11.2. The first-order valence-corrected chi connectivity index (χ1v) is 6.73. The normalized spacial score (nSPS) is 10.3. The summed E-state index contributed by atoms with van der Waals surface area (Å²) in [5.41, 5.74) is 3.38. The molecule has 2 aromatic carbocycles. The molecule has 0 heterocycles. The van der Waals surface area contributed by atoms with Crippen LogP contribution in [0, 0.1) is 13.8 Å². The highest BCUT2D eigenvalue weighted by atomic mass is 35.5. The molecule has 0 atom stereocenters. The van der Waals surface area contributed by atoms with Gasteiger partial charge in [-0.3, -0.25) is 0 Å². The van der Waals surface area contributed by atoms with E-state index in [1.807, 2.05) is 36.4 Å². The maximum atomic E-state index is 6.06. The molecule has 0 aliphatic carbocycles. The molecule has 2 nitrogen and oxygen atoms in total. The number of rotatable bonds is 5. The average Bonchev–Trinajstić information content (AvgIpc) is 2.41. The molecule has 0 spiro atoms. The van der Waals surface area contributed by atoms with Crippen LogP contribution in [0.2, 0.25) is 5.02 Å². The van der Waals surface area contributed by atoms with Crippen molar-refractivity contribution in [1.29, 1.82) is 0 Å². The van der Waals surface area contributed by atoms with Crippen LogP contribution in [0.25, 0.3) is 0 Å². The van der Waals surface area contributed by atoms with E-state index in [1.165, 1.54) is 11.1 Å². The quantitative estimate of drug-likeness (QED) is 0.814. The van der Waals surface area contributed by atoms with Crippen LogP contribution in [0.15, 0.2) is 42.5 Å². The van der Waals surface area contributed by atoms with Crippen molar-refractivity contribution in [2.45, 2.75) is 13.8 Å². The Labute approximate surface area is 119 Å². The molecule has 2 aromatic rings. The number of halogens is 1. The molecule has 0 unspecified atom stereocenters. The topological polar surface area (TPSA) is 21.3 Å². The largest absolute Gasteiger partial charge is 0.491 e. The van der Waals surface area contributed by atoms with E-state index in [4.69, 9.17) is 16.3 Å². The second-order valence-corrected chi connectivity index (χ2v) is 4.86. The zero-order chi connectivity index (χ0) is 13.7. The van der Waals surface area contributed by atoms with E-state index in [9.17, 15) is 0 Å². The lowest BCUT2D eigenvalue weighted by Crippen LogP contribution is -2.12. The molecule has 3 heteroatoms. The highest BCUT2D eigenvalue weighted by molar-refractivity contribution is 6.33. The minimum Gasteiger partial charge on any atom is -0.491 e. The van der Waals surface area contributed by atoms with Gasteiger partial charge in [0.05, 0.1) is 10.7 Å². The number of nitrogens with one attached hydrogen (secondary N) is 1. The third kappa shape index (κ3) is 3.65. The molecule has 19 heavy (non-hydrogen) atoms. The highest BCUT2D eigenvalue weighted by Crippen LogP contribution is 2.21. The van der Waals surface area contributed by atoms with E-state index in [1.54, 1.807) is 0 Å². The maximum Gasteiger partial charge on any atom is 0.122 e. The third-order valence-corrected chi connectivity index (χ3v) is 3.43. The number of hydrogen-bond acceptors (Lipinski definition) is 2. The summed E-state index contributed by atoms with van der Waals surface area (Å²) < 4.78 is 5.77. The van der Waals surface area contributed by atoms with Gasteiger partial charge < -0.3 is 10.1 Å². The summed E-state index contributed by atoms with van der Waals surface area (Å²) in [5, 5.41) is 3.99. The fourth-order valence-electron chi connectivity index (χ4n) is 1.83. The Kier molecular flexibility index (Phi) is 4.69. The van der Waals surface area contributed by atoms with Gasteiger partial charge in [-0.05, 0) is 43.2 Å². The number of para-hydroxylation sites is 1. The second kappa shape index (κ2) is 6.48. The Hall–Kier alpha value is -1.67. The highest BCUT2D eigenvalue weighted by Gasteiger charge is 2.01. The number of ether oxygens (including phenoxy) is 1. The van der Waals surface area contributed by atoms with Gasteiger partial charge in [-0.2, -0.15) is 0 Å². The summed E-state index contributed by atoms with van der Waals surface area (Å²) in [5.74, 6) is 0.945. The van der Waals surface area contributed by atoms with E-state index in [0.717, 1.165) is 23.0 Å². The molecular formula is C16H18ClNO. The molecule has 1 N–H and O–H groups in total. The SMILES string of the molecule is Cc1cccc(OCCNc2ccccc2Cl)c1C. The lowest BCUT2D eigenvalue weighted by molar-refractivity contribution is 0.330. The summed E-state index contributed by atoms with van der Waals surface area (Å²) >= 11 is 6.06. The smallest absolute Gasteiger partial charge is 0.122 e. The van der Waals surface area contributed by atoms with E-state index in [0.29, 0.717) is 6.61 Å². The van der Waals surface area contributed by atoms with Crippen LogP contribution in [0.5, 0.6) is 5.75 Å². The fraction of sp³-hybridized carbons (Fsp3) is 0.250. The minimum absolute atomic E-state index is 0.607. The Balaban J connectivity index is 1.84. The lowest BCUT2D eigenvalue weighted by atomic mass is 10.1. The first kappa shape index (κ1) is 13.8. The Bertz CT molecular complexity index is 554. The van der Waals surface area contributed by atoms with Crippen LogP contribution in [-0.4, -0.2) is 13.2 Å². The van der Waals surface area contributed by atoms with E-state index in [-0.39, 0.29) is 0 Å². The van der Waals surface area contributed by atoms with E-state index >= 15 is 0 Å². The number of anilines is 1. The third-order valence-electron chi connectivity index (χ3n) is 3.10. The van der Waals surface area contributed by atoms with Crippen molar-refractivity contribution in [2.75, 3.05) is 18.5 Å². The first-order valence-electron chi connectivity index (χ1n) is 6.36. The molecule has 0 aliphatic rings. The van der Waals surface area contributed by atoms with Crippen molar-refractivity contribution in [2.24, 2.45) is 0 Å². The predicted octanol–water partition coefficient (Wildman–Crippen LogP) is 4.45. The van der Waals surface area contributed by atoms with Crippen molar-refractivity contribution in [3.8, 4) is 5.75 Å². The summed E-state index contributed by atoms with van der Waals surface area (Å²) in [6, 6.07) is 13.8. The lowest BCUT2D eigenvalue weighted by Gasteiger charge is -2.12. The van der Waals surface area contributed by atoms with Crippen molar-refractivity contribution in [1.82, 2.24) is 0 Å². The number of aryl methyl sites for hydroxylation is 1. The molecule has 100 valence electrons. The van der Waals surface area contributed by atoms with Crippen molar-refractivity contribution in [3.05, 3.63) is 58.6 Å². The van der Waals surface area contributed by atoms with Crippen LogP contribution < -0.4 is 10.1 Å². The Morgan fingerprint density at radius 3 is 2.63 bits per heavy atom.